The first-order chi connectivity index (χ1) is 12.4. The maximum absolute atomic E-state index is 13.7. The molecule has 1 amide bonds. The molecule has 0 aliphatic rings. The number of ether oxygens (including phenoxy) is 2. The molecular weight excluding hydrogens is 339 g/mol. The SMILES string of the molecule is Cc1ccc(NC(=O)COC(=O)[C@H](C)Oc2ccc(C#N)cc2)c(F)c1. The van der Waals surface area contributed by atoms with Crippen LogP contribution in [0.5, 0.6) is 5.75 Å². The highest BCUT2D eigenvalue weighted by Gasteiger charge is 2.18. The second kappa shape index (κ2) is 8.62. The van der Waals surface area contributed by atoms with Crippen LogP contribution < -0.4 is 10.1 Å². The Morgan fingerprint density at radius 2 is 1.92 bits per heavy atom. The molecule has 0 bridgehead atoms. The number of anilines is 1. The van der Waals surface area contributed by atoms with Crippen molar-refractivity contribution in [2.45, 2.75) is 20.0 Å². The second-order valence-electron chi connectivity index (χ2n) is 5.54. The number of halogens is 1. The Morgan fingerprint density at radius 1 is 1.23 bits per heavy atom. The van der Waals surface area contributed by atoms with Gasteiger partial charge in [-0.3, -0.25) is 4.79 Å². The van der Waals surface area contributed by atoms with Crippen LogP contribution in [0.2, 0.25) is 0 Å². The summed E-state index contributed by atoms with van der Waals surface area (Å²) < 4.78 is 23.9. The third kappa shape index (κ3) is 5.31. The zero-order valence-electron chi connectivity index (χ0n) is 14.3. The topological polar surface area (TPSA) is 88.4 Å². The predicted octanol–water partition coefficient (Wildman–Crippen LogP) is 2.96. The Labute approximate surface area is 150 Å². The Bertz CT molecular complexity index is 844. The van der Waals surface area contributed by atoms with Crippen molar-refractivity contribution in [2.75, 3.05) is 11.9 Å². The summed E-state index contributed by atoms with van der Waals surface area (Å²) >= 11 is 0. The van der Waals surface area contributed by atoms with Gasteiger partial charge >= 0.3 is 5.97 Å². The lowest BCUT2D eigenvalue weighted by Crippen LogP contribution is -2.29. The van der Waals surface area contributed by atoms with Crippen molar-refractivity contribution in [2.24, 2.45) is 0 Å². The van der Waals surface area contributed by atoms with Gasteiger partial charge in [0.25, 0.3) is 5.91 Å². The third-order valence-electron chi connectivity index (χ3n) is 3.37. The van der Waals surface area contributed by atoms with E-state index in [0.717, 1.165) is 5.56 Å². The molecule has 2 rings (SSSR count). The molecule has 134 valence electrons. The summed E-state index contributed by atoms with van der Waals surface area (Å²) in [7, 11) is 0. The largest absolute Gasteiger partial charge is 0.479 e. The number of nitrogens with zero attached hydrogens (tertiary/aromatic N) is 1. The van der Waals surface area contributed by atoms with Gasteiger partial charge in [0.1, 0.15) is 11.6 Å². The Balaban J connectivity index is 1.82. The highest BCUT2D eigenvalue weighted by molar-refractivity contribution is 5.93. The number of aryl methyl sites for hydroxylation is 1. The van der Waals surface area contributed by atoms with Crippen molar-refractivity contribution >= 4 is 17.6 Å². The number of nitriles is 1. The molecule has 2 aromatic rings. The predicted molar refractivity (Wildman–Crippen MR) is 92.0 cm³/mol. The first-order valence-electron chi connectivity index (χ1n) is 7.78. The van der Waals surface area contributed by atoms with Crippen molar-refractivity contribution in [1.82, 2.24) is 0 Å². The average Bonchev–Trinajstić information content (AvgIpc) is 2.62. The van der Waals surface area contributed by atoms with Crippen LogP contribution in [0.3, 0.4) is 0 Å². The van der Waals surface area contributed by atoms with Gasteiger partial charge in [-0.15, -0.1) is 0 Å². The number of amides is 1. The van der Waals surface area contributed by atoms with Crippen LogP contribution in [-0.2, 0) is 14.3 Å². The van der Waals surface area contributed by atoms with E-state index in [4.69, 9.17) is 14.7 Å². The van der Waals surface area contributed by atoms with Crippen LogP contribution in [0.4, 0.5) is 10.1 Å². The standard InChI is InChI=1S/C19H17FN2O4/c1-12-3-8-17(16(20)9-12)22-18(23)11-25-19(24)13(2)26-15-6-4-14(10-21)5-7-15/h3-9,13H,11H2,1-2H3,(H,22,23)/t13-/m0/s1. The summed E-state index contributed by atoms with van der Waals surface area (Å²) in [5, 5.41) is 11.1. The molecule has 0 heterocycles. The molecule has 7 heteroatoms. The Hall–Kier alpha value is -3.40. The molecule has 1 atom stereocenters. The summed E-state index contributed by atoms with van der Waals surface area (Å²) in [6.07, 6.45) is -0.952. The van der Waals surface area contributed by atoms with Gasteiger partial charge in [-0.1, -0.05) is 6.07 Å². The van der Waals surface area contributed by atoms with Crippen LogP contribution >= 0.6 is 0 Å². The van der Waals surface area contributed by atoms with Crippen LogP contribution in [0.1, 0.15) is 18.1 Å². The van der Waals surface area contributed by atoms with Gasteiger partial charge in [-0.25, -0.2) is 9.18 Å². The van der Waals surface area contributed by atoms with Crippen LogP contribution in [-0.4, -0.2) is 24.6 Å². The van der Waals surface area contributed by atoms with Crippen molar-refractivity contribution in [3.8, 4) is 11.8 Å². The quantitative estimate of drug-likeness (QED) is 0.804. The van der Waals surface area contributed by atoms with Gasteiger partial charge in [0, 0.05) is 0 Å². The minimum atomic E-state index is -0.952. The van der Waals surface area contributed by atoms with E-state index in [1.54, 1.807) is 37.3 Å². The first kappa shape index (κ1) is 18.9. The molecule has 0 aliphatic carbocycles. The Morgan fingerprint density at radius 3 is 2.54 bits per heavy atom. The molecule has 26 heavy (non-hydrogen) atoms. The normalized spacial score (nSPS) is 11.2. The summed E-state index contributed by atoms with van der Waals surface area (Å²) in [4.78, 5) is 23.7. The van der Waals surface area contributed by atoms with Gasteiger partial charge in [0.2, 0.25) is 0 Å². The van der Waals surface area contributed by atoms with Gasteiger partial charge < -0.3 is 14.8 Å². The smallest absolute Gasteiger partial charge is 0.347 e. The molecule has 0 fully saturated rings. The van der Waals surface area contributed by atoms with Crippen molar-refractivity contribution in [3.63, 3.8) is 0 Å². The lowest BCUT2D eigenvalue weighted by Gasteiger charge is -2.14. The summed E-state index contributed by atoms with van der Waals surface area (Å²) in [5.41, 5.74) is 1.20. The average molecular weight is 356 g/mol. The Kier molecular flexibility index (Phi) is 6.28. The molecule has 0 saturated carbocycles. The fourth-order valence-electron chi connectivity index (χ4n) is 2.02. The lowest BCUT2D eigenvalue weighted by atomic mass is 10.2. The maximum atomic E-state index is 13.7. The van der Waals surface area contributed by atoms with Crippen molar-refractivity contribution < 1.29 is 23.5 Å². The van der Waals surface area contributed by atoms with E-state index in [0.29, 0.717) is 11.3 Å². The monoisotopic (exact) mass is 356 g/mol. The van der Waals surface area contributed by atoms with E-state index in [9.17, 15) is 14.0 Å². The van der Waals surface area contributed by atoms with E-state index in [2.05, 4.69) is 5.32 Å². The molecule has 1 N–H and O–H groups in total. The third-order valence-corrected chi connectivity index (χ3v) is 3.37. The van der Waals surface area contributed by atoms with Crippen LogP contribution in [0.25, 0.3) is 0 Å². The van der Waals surface area contributed by atoms with E-state index < -0.39 is 30.4 Å². The number of carbonyl (C=O) groups excluding carboxylic acids is 2. The van der Waals surface area contributed by atoms with Gasteiger partial charge in [0.05, 0.1) is 17.3 Å². The lowest BCUT2D eigenvalue weighted by molar-refractivity contribution is -0.153. The highest BCUT2D eigenvalue weighted by atomic mass is 19.1. The van der Waals surface area contributed by atoms with E-state index in [1.807, 2.05) is 6.07 Å². The molecule has 0 unspecified atom stereocenters. The van der Waals surface area contributed by atoms with Crippen molar-refractivity contribution in [3.05, 3.63) is 59.4 Å². The van der Waals surface area contributed by atoms with Crippen molar-refractivity contribution in [1.29, 1.82) is 5.26 Å². The molecule has 0 aromatic heterocycles. The zero-order chi connectivity index (χ0) is 19.1. The zero-order valence-corrected chi connectivity index (χ0v) is 14.3. The second-order valence-corrected chi connectivity index (χ2v) is 5.54. The number of hydrogen-bond donors (Lipinski definition) is 1. The molecule has 0 saturated heterocycles. The minimum absolute atomic E-state index is 0.0125. The number of benzene rings is 2. The molecule has 0 aliphatic heterocycles. The summed E-state index contributed by atoms with van der Waals surface area (Å²) in [6.45, 7) is 2.64. The maximum Gasteiger partial charge on any atom is 0.347 e. The van der Waals surface area contributed by atoms with Crippen LogP contribution in [0, 0.1) is 24.1 Å². The summed E-state index contributed by atoms with van der Waals surface area (Å²) in [6, 6.07) is 12.5. The van der Waals surface area contributed by atoms with E-state index in [1.165, 1.54) is 19.1 Å². The minimum Gasteiger partial charge on any atom is -0.479 e. The summed E-state index contributed by atoms with van der Waals surface area (Å²) in [5.74, 6) is -1.58. The van der Waals surface area contributed by atoms with E-state index >= 15 is 0 Å². The number of carbonyl (C=O) groups is 2. The van der Waals surface area contributed by atoms with Gasteiger partial charge in [-0.2, -0.15) is 5.26 Å². The molecule has 0 radical (unpaired) electrons. The fraction of sp³-hybridized carbons (Fsp3) is 0.211. The molecular formula is C19H17FN2O4. The number of hydrogen-bond acceptors (Lipinski definition) is 5. The first-order valence-corrected chi connectivity index (χ1v) is 7.78. The van der Waals surface area contributed by atoms with E-state index in [-0.39, 0.29) is 5.69 Å². The molecule has 6 nitrogen and oxygen atoms in total. The van der Waals surface area contributed by atoms with Gasteiger partial charge in [0.15, 0.2) is 12.7 Å². The van der Waals surface area contributed by atoms with Gasteiger partial charge in [-0.05, 0) is 55.8 Å². The highest BCUT2D eigenvalue weighted by Crippen LogP contribution is 2.16. The fourth-order valence-corrected chi connectivity index (χ4v) is 2.02. The molecule has 0 spiro atoms. The molecule has 2 aromatic carbocycles. The van der Waals surface area contributed by atoms with Crippen LogP contribution in [0.15, 0.2) is 42.5 Å². The number of rotatable bonds is 6. The number of esters is 1. The number of nitrogens with one attached hydrogen (secondary N) is 1.